The van der Waals surface area contributed by atoms with Crippen LogP contribution in [-0.4, -0.2) is 22.0 Å². The summed E-state index contributed by atoms with van der Waals surface area (Å²) < 4.78 is 2.30. The topological polar surface area (TPSA) is 38.1 Å². The van der Waals surface area contributed by atoms with Crippen molar-refractivity contribution in [2.24, 2.45) is 0 Å². The highest BCUT2D eigenvalue weighted by Gasteiger charge is 2.35. The van der Waals surface area contributed by atoms with Crippen LogP contribution >= 0.6 is 11.6 Å². The first-order valence-corrected chi connectivity index (χ1v) is 10.6. The number of carbonyl (C=O) groups excluding carboxylic acids is 1. The van der Waals surface area contributed by atoms with Crippen LogP contribution in [0.4, 0.5) is 5.69 Å². The highest BCUT2D eigenvalue weighted by atomic mass is 35.5. The predicted octanol–water partition coefficient (Wildman–Crippen LogP) is 5.82. The number of para-hydroxylation sites is 2. The van der Waals surface area contributed by atoms with E-state index in [-0.39, 0.29) is 17.9 Å². The molecule has 0 spiro atoms. The highest BCUT2D eigenvalue weighted by Crippen LogP contribution is 2.36. The standard InChI is InChI=1S/C25H22ClN3O/c1-17(18-7-3-2-4-8-18)29-23-10-6-5-9-22(23)27-25(29)19-15-24(30)28(16-19)21-13-11-20(26)12-14-21/h2-14,17,19H,15-16H2,1H3. The molecule has 1 aliphatic rings. The summed E-state index contributed by atoms with van der Waals surface area (Å²) in [6, 6.07) is 26.2. The summed E-state index contributed by atoms with van der Waals surface area (Å²) in [6.45, 7) is 2.81. The molecule has 1 saturated heterocycles. The van der Waals surface area contributed by atoms with Crippen molar-refractivity contribution in [2.75, 3.05) is 11.4 Å². The molecule has 1 fully saturated rings. The quantitative estimate of drug-likeness (QED) is 0.421. The Morgan fingerprint density at radius 2 is 1.67 bits per heavy atom. The van der Waals surface area contributed by atoms with Gasteiger partial charge in [0.25, 0.3) is 0 Å². The summed E-state index contributed by atoms with van der Waals surface area (Å²) in [5, 5.41) is 0.667. The van der Waals surface area contributed by atoms with Crippen LogP contribution in [0.25, 0.3) is 11.0 Å². The number of carbonyl (C=O) groups is 1. The van der Waals surface area contributed by atoms with Crippen LogP contribution in [-0.2, 0) is 4.79 Å². The third kappa shape index (κ3) is 3.27. The van der Waals surface area contributed by atoms with Crippen molar-refractivity contribution in [3.8, 4) is 0 Å². The lowest BCUT2D eigenvalue weighted by molar-refractivity contribution is -0.117. The molecule has 3 aromatic carbocycles. The van der Waals surface area contributed by atoms with Gasteiger partial charge in [-0.1, -0.05) is 54.1 Å². The highest BCUT2D eigenvalue weighted by molar-refractivity contribution is 6.30. The number of nitrogens with zero attached hydrogens (tertiary/aromatic N) is 3. The molecule has 0 radical (unpaired) electrons. The first kappa shape index (κ1) is 18.9. The van der Waals surface area contributed by atoms with E-state index in [9.17, 15) is 4.79 Å². The van der Waals surface area contributed by atoms with Crippen molar-refractivity contribution in [1.82, 2.24) is 9.55 Å². The Bertz CT molecular complexity index is 1200. The van der Waals surface area contributed by atoms with Crippen LogP contribution in [0.1, 0.15) is 36.7 Å². The Morgan fingerprint density at radius 1 is 0.967 bits per heavy atom. The molecule has 4 nitrogen and oxygen atoms in total. The third-order valence-corrected chi connectivity index (χ3v) is 6.17. The van der Waals surface area contributed by atoms with Gasteiger partial charge in [-0.2, -0.15) is 0 Å². The second kappa shape index (κ2) is 7.62. The fourth-order valence-electron chi connectivity index (χ4n) is 4.39. The Hall–Kier alpha value is -3.11. The van der Waals surface area contributed by atoms with Crippen LogP contribution < -0.4 is 4.90 Å². The number of hydrogen-bond donors (Lipinski definition) is 0. The molecule has 5 rings (SSSR count). The normalized spacial score (nSPS) is 17.6. The molecule has 150 valence electrons. The Morgan fingerprint density at radius 3 is 2.43 bits per heavy atom. The van der Waals surface area contributed by atoms with E-state index in [2.05, 4.69) is 41.8 Å². The van der Waals surface area contributed by atoms with Crippen LogP contribution in [0.3, 0.4) is 0 Å². The second-order valence-corrected chi connectivity index (χ2v) is 8.23. The van der Waals surface area contributed by atoms with Gasteiger partial charge in [0.2, 0.25) is 5.91 Å². The number of anilines is 1. The average Bonchev–Trinajstić information content (AvgIpc) is 3.35. The van der Waals surface area contributed by atoms with Crippen molar-refractivity contribution in [3.05, 3.63) is 95.3 Å². The minimum absolute atomic E-state index is 0.0340. The third-order valence-electron chi connectivity index (χ3n) is 5.92. The number of benzene rings is 3. The summed E-state index contributed by atoms with van der Waals surface area (Å²) in [4.78, 5) is 19.7. The molecule has 0 saturated carbocycles. The van der Waals surface area contributed by atoms with Crippen LogP contribution in [0.15, 0.2) is 78.9 Å². The van der Waals surface area contributed by atoms with E-state index in [1.165, 1.54) is 5.56 Å². The van der Waals surface area contributed by atoms with E-state index in [0.717, 1.165) is 22.5 Å². The van der Waals surface area contributed by atoms with Gasteiger partial charge in [0, 0.05) is 29.6 Å². The van der Waals surface area contributed by atoms with E-state index >= 15 is 0 Å². The van der Waals surface area contributed by atoms with Gasteiger partial charge in [-0.3, -0.25) is 4.79 Å². The number of halogens is 1. The van der Waals surface area contributed by atoms with Gasteiger partial charge in [0.05, 0.1) is 17.1 Å². The minimum Gasteiger partial charge on any atom is -0.320 e. The average molecular weight is 416 g/mol. The molecular weight excluding hydrogens is 394 g/mol. The summed E-state index contributed by atoms with van der Waals surface area (Å²) in [7, 11) is 0. The molecule has 4 aromatic rings. The largest absolute Gasteiger partial charge is 0.320 e. The van der Waals surface area contributed by atoms with Gasteiger partial charge in [0.1, 0.15) is 5.82 Å². The fraction of sp³-hybridized carbons (Fsp3) is 0.200. The van der Waals surface area contributed by atoms with E-state index in [1.54, 1.807) is 0 Å². The monoisotopic (exact) mass is 415 g/mol. The van der Waals surface area contributed by atoms with Gasteiger partial charge in [-0.05, 0) is 48.9 Å². The van der Waals surface area contributed by atoms with Gasteiger partial charge >= 0.3 is 0 Å². The van der Waals surface area contributed by atoms with Crippen molar-refractivity contribution in [3.63, 3.8) is 0 Å². The van der Waals surface area contributed by atoms with E-state index in [4.69, 9.17) is 16.6 Å². The minimum atomic E-state index is 0.0340. The molecule has 1 amide bonds. The van der Waals surface area contributed by atoms with Crippen molar-refractivity contribution >= 4 is 34.2 Å². The molecule has 2 unspecified atom stereocenters. The Labute approximate surface area is 180 Å². The summed E-state index contributed by atoms with van der Waals surface area (Å²) in [5.41, 5.74) is 4.17. The molecular formula is C25H22ClN3O. The summed E-state index contributed by atoms with van der Waals surface area (Å²) >= 11 is 6.02. The van der Waals surface area contributed by atoms with Crippen molar-refractivity contribution in [1.29, 1.82) is 0 Å². The van der Waals surface area contributed by atoms with Gasteiger partial charge in [-0.15, -0.1) is 0 Å². The maximum Gasteiger partial charge on any atom is 0.227 e. The Kier molecular flexibility index (Phi) is 4.80. The van der Waals surface area contributed by atoms with E-state index in [1.807, 2.05) is 53.4 Å². The first-order chi connectivity index (χ1) is 14.6. The van der Waals surface area contributed by atoms with Crippen LogP contribution in [0.5, 0.6) is 0 Å². The van der Waals surface area contributed by atoms with Crippen molar-refractivity contribution in [2.45, 2.75) is 25.3 Å². The summed E-state index contributed by atoms with van der Waals surface area (Å²) in [5.74, 6) is 1.12. The zero-order valence-corrected chi connectivity index (χ0v) is 17.5. The number of aromatic nitrogens is 2. The molecule has 1 aliphatic heterocycles. The molecule has 5 heteroatoms. The Balaban J connectivity index is 1.56. The molecule has 1 aromatic heterocycles. The van der Waals surface area contributed by atoms with Gasteiger partial charge in [0.15, 0.2) is 0 Å². The molecule has 0 bridgehead atoms. The zero-order chi connectivity index (χ0) is 20.7. The zero-order valence-electron chi connectivity index (χ0n) is 16.7. The lowest BCUT2D eigenvalue weighted by Crippen LogP contribution is -2.24. The number of imidazole rings is 1. The number of fused-ring (bicyclic) bond motifs is 1. The second-order valence-electron chi connectivity index (χ2n) is 7.80. The maximum absolute atomic E-state index is 12.9. The molecule has 2 atom stereocenters. The van der Waals surface area contributed by atoms with Crippen molar-refractivity contribution < 1.29 is 4.79 Å². The maximum atomic E-state index is 12.9. The number of rotatable bonds is 4. The van der Waals surface area contributed by atoms with Gasteiger partial charge < -0.3 is 9.47 Å². The number of amides is 1. The molecule has 2 heterocycles. The lowest BCUT2D eigenvalue weighted by Gasteiger charge is -2.21. The summed E-state index contributed by atoms with van der Waals surface area (Å²) in [6.07, 6.45) is 0.452. The predicted molar refractivity (Wildman–Crippen MR) is 121 cm³/mol. The number of hydrogen-bond acceptors (Lipinski definition) is 2. The lowest BCUT2D eigenvalue weighted by atomic mass is 10.0. The smallest absolute Gasteiger partial charge is 0.227 e. The molecule has 0 aliphatic carbocycles. The van der Waals surface area contributed by atoms with Gasteiger partial charge in [-0.25, -0.2) is 4.98 Å². The molecule has 30 heavy (non-hydrogen) atoms. The first-order valence-electron chi connectivity index (χ1n) is 10.2. The van der Waals surface area contributed by atoms with Crippen LogP contribution in [0.2, 0.25) is 5.02 Å². The van der Waals surface area contributed by atoms with Crippen LogP contribution in [0, 0.1) is 0 Å². The van der Waals surface area contributed by atoms with E-state index < -0.39 is 0 Å². The van der Waals surface area contributed by atoms with E-state index in [0.29, 0.717) is 18.0 Å². The fourth-order valence-corrected chi connectivity index (χ4v) is 4.52. The SMILES string of the molecule is CC(c1ccccc1)n1c(C2CC(=O)N(c3ccc(Cl)cc3)C2)nc2ccccc21. The molecule has 0 N–H and O–H groups in total.